The molecular weight excluding hydrogens is 368 g/mol. The third kappa shape index (κ3) is 6.54. The fourth-order valence-electron chi connectivity index (χ4n) is 4.23. The minimum Gasteiger partial charge on any atom is -0.477 e. The van der Waals surface area contributed by atoms with Crippen molar-refractivity contribution in [2.24, 2.45) is 11.8 Å². The van der Waals surface area contributed by atoms with Gasteiger partial charge in [0.15, 0.2) is 0 Å². The standard InChI is InChI=1S/C21H33ClO3S/c1-2-3-4-5-6-7-10-17-16(18(22)14-19(17)23)11-8-9-15-12-13-20(26-15)21(24)25/h12-13,16-19,23H,2-11,14H2,1H3,(H,24,25)/t16-,17-,18?,19-/m1/s1. The van der Waals surface area contributed by atoms with Crippen LogP contribution in [0, 0.1) is 11.8 Å². The van der Waals surface area contributed by atoms with Crippen LogP contribution in [-0.2, 0) is 6.42 Å². The van der Waals surface area contributed by atoms with Gasteiger partial charge >= 0.3 is 5.97 Å². The summed E-state index contributed by atoms with van der Waals surface area (Å²) in [6.45, 7) is 2.23. The van der Waals surface area contributed by atoms with Crippen molar-refractivity contribution in [3.8, 4) is 0 Å². The molecule has 1 unspecified atom stereocenters. The van der Waals surface area contributed by atoms with Crippen LogP contribution in [0.4, 0.5) is 0 Å². The fraction of sp³-hybridized carbons (Fsp3) is 0.762. The summed E-state index contributed by atoms with van der Waals surface area (Å²) >= 11 is 7.91. The minimum atomic E-state index is -0.847. The van der Waals surface area contributed by atoms with Crippen molar-refractivity contribution in [3.63, 3.8) is 0 Å². The van der Waals surface area contributed by atoms with Gasteiger partial charge in [0, 0.05) is 10.3 Å². The van der Waals surface area contributed by atoms with Gasteiger partial charge in [-0.1, -0.05) is 45.4 Å². The Kier molecular flexibility index (Phi) is 9.44. The number of alkyl halides is 1. The average molecular weight is 401 g/mol. The summed E-state index contributed by atoms with van der Waals surface area (Å²) in [7, 11) is 0. The van der Waals surface area contributed by atoms with Crippen molar-refractivity contribution in [3.05, 3.63) is 21.9 Å². The molecule has 1 aromatic rings. The zero-order valence-electron chi connectivity index (χ0n) is 15.8. The van der Waals surface area contributed by atoms with Crippen molar-refractivity contribution in [1.82, 2.24) is 0 Å². The number of aliphatic hydroxyl groups is 1. The molecule has 0 amide bonds. The first kappa shape index (κ1) is 21.7. The van der Waals surface area contributed by atoms with Crippen LogP contribution in [0.25, 0.3) is 0 Å². The Morgan fingerprint density at radius 3 is 2.50 bits per heavy atom. The SMILES string of the molecule is CCCCCCCC[C@H]1[C@H](O)CC(Cl)[C@@H]1CCCc1ccc(C(=O)O)s1. The third-order valence-electron chi connectivity index (χ3n) is 5.70. The molecule has 3 nitrogen and oxygen atoms in total. The molecule has 0 aromatic carbocycles. The average Bonchev–Trinajstić information content (AvgIpc) is 3.17. The monoisotopic (exact) mass is 400 g/mol. The van der Waals surface area contributed by atoms with Gasteiger partial charge < -0.3 is 10.2 Å². The van der Waals surface area contributed by atoms with Crippen LogP contribution < -0.4 is 0 Å². The highest BCUT2D eigenvalue weighted by Gasteiger charge is 2.40. The number of hydrogen-bond acceptors (Lipinski definition) is 3. The van der Waals surface area contributed by atoms with Gasteiger partial charge in [0.1, 0.15) is 4.88 Å². The van der Waals surface area contributed by atoms with E-state index in [0.29, 0.717) is 16.7 Å². The highest BCUT2D eigenvalue weighted by molar-refractivity contribution is 7.13. The molecule has 1 aromatic heterocycles. The van der Waals surface area contributed by atoms with Crippen LogP contribution in [-0.4, -0.2) is 27.7 Å². The second kappa shape index (κ2) is 11.3. The first-order valence-electron chi connectivity index (χ1n) is 10.2. The molecule has 0 radical (unpaired) electrons. The van der Waals surface area contributed by atoms with E-state index in [0.717, 1.165) is 37.0 Å². The third-order valence-corrected chi connectivity index (χ3v) is 7.33. The maximum absolute atomic E-state index is 11.0. The minimum absolute atomic E-state index is 0.0769. The first-order chi connectivity index (χ1) is 12.5. The Morgan fingerprint density at radius 2 is 1.81 bits per heavy atom. The summed E-state index contributed by atoms with van der Waals surface area (Å²) in [5.74, 6) is -0.122. The summed E-state index contributed by atoms with van der Waals surface area (Å²) in [5, 5.41) is 19.5. The van der Waals surface area contributed by atoms with Crippen LogP contribution >= 0.6 is 22.9 Å². The van der Waals surface area contributed by atoms with Gasteiger partial charge in [-0.05, 0) is 56.1 Å². The summed E-state index contributed by atoms with van der Waals surface area (Å²) in [6, 6.07) is 3.61. The van der Waals surface area contributed by atoms with Gasteiger partial charge in [-0.25, -0.2) is 4.79 Å². The second-order valence-electron chi connectivity index (χ2n) is 7.67. The van der Waals surface area contributed by atoms with E-state index in [9.17, 15) is 9.90 Å². The number of carboxylic acid groups (broad SMARTS) is 1. The molecular formula is C21H33ClO3S. The van der Waals surface area contributed by atoms with E-state index in [1.165, 1.54) is 49.9 Å². The van der Waals surface area contributed by atoms with Crippen molar-refractivity contribution in [2.45, 2.75) is 89.0 Å². The molecule has 0 bridgehead atoms. The molecule has 4 atom stereocenters. The molecule has 0 aliphatic heterocycles. The number of thiophene rings is 1. The Bertz CT molecular complexity index is 545. The number of unbranched alkanes of at least 4 members (excludes halogenated alkanes) is 5. The highest BCUT2D eigenvalue weighted by atomic mass is 35.5. The predicted octanol–water partition coefficient (Wildman–Crippen LogP) is 6.12. The number of carbonyl (C=O) groups is 1. The zero-order valence-corrected chi connectivity index (χ0v) is 17.4. The summed E-state index contributed by atoms with van der Waals surface area (Å²) < 4.78 is 0. The van der Waals surface area contributed by atoms with E-state index in [2.05, 4.69) is 6.92 Å². The van der Waals surface area contributed by atoms with Crippen molar-refractivity contribution < 1.29 is 15.0 Å². The number of aryl methyl sites for hydroxylation is 1. The summed E-state index contributed by atoms with van der Waals surface area (Å²) in [5.41, 5.74) is 0. The molecule has 5 heteroatoms. The zero-order chi connectivity index (χ0) is 18.9. The van der Waals surface area contributed by atoms with Crippen LogP contribution in [0.5, 0.6) is 0 Å². The molecule has 0 saturated heterocycles. The molecule has 2 rings (SSSR count). The highest BCUT2D eigenvalue weighted by Crippen LogP contribution is 2.42. The lowest BCUT2D eigenvalue weighted by molar-refractivity contribution is 0.0702. The van der Waals surface area contributed by atoms with Gasteiger partial charge in [-0.2, -0.15) is 0 Å². The fourth-order valence-corrected chi connectivity index (χ4v) is 5.62. The van der Waals surface area contributed by atoms with Crippen LogP contribution in [0.15, 0.2) is 12.1 Å². The van der Waals surface area contributed by atoms with Gasteiger partial charge in [0.2, 0.25) is 0 Å². The Hall–Kier alpha value is -0.580. The van der Waals surface area contributed by atoms with Crippen molar-refractivity contribution in [2.75, 3.05) is 0 Å². The summed E-state index contributed by atoms with van der Waals surface area (Å²) in [4.78, 5) is 12.5. The lowest BCUT2D eigenvalue weighted by Gasteiger charge is -2.23. The van der Waals surface area contributed by atoms with Crippen molar-refractivity contribution >= 4 is 28.9 Å². The molecule has 1 saturated carbocycles. The first-order valence-corrected chi connectivity index (χ1v) is 11.4. The topological polar surface area (TPSA) is 57.5 Å². The van der Waals surface area contributed by atoms with E-state index in [-0.39, 0.29) is 11.5 Å². The molecule has 0 spiro atoms. The quantitative estimate of drug-likeness (QED) is 0.328. The number of carboxylic acids is 1. The van der Waals surface area contributed by atoms with Gasteiger partial charge in [-0.3, -0.25) is 0 Å². The lowest BCUT2D eigenvalue weighted by Crippen LogP contribution is -2.21. The van der Waals surface area contributed by atoms with E-state index in [4.69, 9.17) is 16.7 Å². The van der Waals surface area contributed by atoms with Gasteiger partial charge in [0.05, 0.1) is 6.10 Å². The van der Waals surface area contributed by atoms with Crippen molar-refractivity contribution in [1.29, 1.82) is 0 Å². The van der Waals surface area contributed by atoms with E-state index >= 15 is 0 Å². The Labute approximate surface area is 166 Å². The van der Waals surface area contributed by atoms with Crippen LogP contribution in [0.1, 0.15) is 85.7 Å². The number of halogens is 1. The number of rotatable bonds is 12. The molecule has 26 heavy (non-hydrogen) atoms. The largest absolute Gasteiger partial charge is 0.477 e. The second-order valence-corrected chi connectivity index (χ2v) is 9.40. The maximum atomic E-state index is 11.0. The maximum Gasteiger partial charge on any atom is 0.345 e. The Balaban J connectivity index is 1.74. The smallest absolute Gasteiger partial charge is 0.345 e. The van der Waals surface area contributed by atoms with E-state index in [1.807, 2.05) is 6.07 Å². The normalized spacial score (nSPS) is 25.7. The number of aromatic carboxylic acids is 1. The lowest BCUT2D eigenvalue weighted by atomic mass is 9.85. The van der Waals surface area contributed by atoms with Gasteiger partial charge in [0.25, 0.3) is 0 Å². The number of hydrogen-bond donors (Lipinski definition) is 2. The van der Waals surface area contributed by atoms with Crippen LogP contribution in [0.3, 0.4) is 0 Å². The number of aliphatic hydroxyl groups excluding tert-OH is 1. The molecule has 1 aliphatic rings. The molecule has 1 heterocycles. The van der Waals surface area contributed by atoms with E-state index in [1.54, 1.807) is 6.07 Å². The van der Waals surface area contributed by atoms with Crippen LogP contribution in [0.2, 0.25) is 0 Å². The summed E-state index contributed by atoms with van der Waals surface area (Å²) in [6.07, 6.45) is 12.2. The molecule has 1 fully saturated rings. The van der Waals surface area contributed by atoms with Gasteiger partial charge in [-0.15, -0.1) is 22.9 Å². The molecule has 1 aliphatic carbocycles. The predicted molar refractivity (Wildman–Crippen MR) is 109 cm³/mol. The molecule has 148 valence electrons. The molecule has 2 N–H and O–H groups in total. The Morgan fingerprint density at radius 1 is 1.12 bits per heavy atom. The van der Waals surface area contributed by atoms with E-state index < -0.39 is 5.97 Å².